The van der Waals surface area contributed by atoms with Crippen molar-refractivity contribution in [1.29, 1.82) is 0 Å². The van der Waals surface area contributed by atoms with Gasteiger partial charge in [-0.15, -0.1) is 0 Å². The Morgan fingerprint density at radius 3 is 1.90 bits per heavy atom. The number of methoxy groups -OCH3 is 1. The Labute approximate surface area is 283 Å². The molecule has 5 N–H and O–H groups in total. The maximum Gasteiger partial charge on any atom is 0.311 e. The summed E-state index contributed by atoms with van der Waals surface area (Å²) >= 11 is 0. The number of hydrogen-bond donors (Lipinski definition) is 5. The average Bonchev–Trinajstić information content (AvgIpc) is 3.52. The Bertz CT molecular complexity index is 2500. The van der Waals surface area contributed by atoms with E-state index in [1.165, 1.54) is 24.3 Å². The molecule has 1 aliphatic heterocycles. The van der Waals surface area contributed by atoms with E-state index in [-0.39, 0.29) is 17.7 Å². The molecule has 4 rings (SSSR count). The van der Waals surface area contributed by atoms with Gasteiger partial charge in [0, 0.05) is 6.20 Å². The van der Waals surface area contributed by atoms with Gasteiger partial charge in [0.15, 0.2) is 0 Å². The Kier molecular flexibility index (Phi) is 10.5. The van der Waals surface area contributed by atoms with E-state index in [1.54, 1.807) is 0 Å². The molecular formula is C26H24N4O16S4. The van der Waals surface area contributed by atoms with Crippen LogP contribution in [0.1, 0.15) is 18.4 Å². The second-order valence-electron chi connectivity index (χ2n) is 10.1. The van der Waals surface area contributed by atoms with Gasteiger partial charge < -0.3 is 4.74 Å². The Morgan fingerprint density at radius 1 is 0.840 bits per heavy atom. The fourth-order valence-corrected chi connectivity index (χ4v) is 6.86. The quantitative estimate of drug-likeness (QED) is 0.0960. The van der Waals surface area contributed by atoms with Crippen LogP contribution < -0.4 is 10.6 Å². The maximum atomic E-state index is 13.4. The lowest BCUT2D eigenvalue weighted by Gasteiger charge is -2.17. The number of aromatic amines is 1. The molecule has 2 heterocycles. The highest BCUT2D eigenvalue weighted by Gasteiger charge is 2.39. The van der Waals surface area contributed by atoms with E-state index in [0.717, 1.165) is 13.3 Å². The molecule has 20 nitrogen and oxygen atoms in total. The number of nitrogens with one attached hydrogen (secondary N) is 1. The van der Waals surface area contributed by atoms with Gasteiger partial charge >= 0.3 is 5.97 Å². The number of amides is 1. The SMILES string of the molecule is COC(=O)CC1=NN(c2cc(S(=O)(=O)O)ccc2S(=O)(=O)O)C(=O)C1CC=CC=Cc1c[nH]n(-c2cc(S(=O)(=O)O)ccc2S(=O)(=O)O)c1=O. The van der Waals surface area contributed by atoms with Gasteiger partial charge in [-0.1, -0.05) is 18.2 Å². The van der Waals surface area contributed by atoms with E-state index < -0.39 is 101 Å². The molecule has 0 aliphatic carbocycles. The van der Waals surface area contributed by atoms with Gasteiger partial charge in [0.05, 0.1) is 51.9 Å². The summed E-state index contributed by atoms with van der Waals surface area (Å²) in [5, 5.41) is 6.83. The van der Waals surface area contributed by atoms with Crippen LogP contribution in [0.3, 0.4) is 0 Å². The lowest BCUT2D eigenvalue weighted by molar-refractivity contribution is -0.139. The Hall–Kier alpha value is -4.82. The number of hydrogen-bond acceptors (Lipinski definition) is 13. The van der Waals surface area contributed by atoms with E-state index in [0.29, 0.717) is 46.1 Å². The van der Waals surface area contributed by atoms with Crippen molar-refractivity contribution < 1.29 is 66.2 Å². The first-order valence-electron chi connectivity index (χ1n) is 13.3. The zero-order valence-corrected chi connectivity index (χ0v) is 28.3. The maximum absolute atomic E-state index is 13.4. The van der Waals surface area contributed by atoms with Crippen LogP contribution in [0.4, 0.5) is 5.69 Å². The van der Waals surface area contributed by atoms with Crippen LogP contribution in [0.5, 0.6) is 0 Å². The Morgan fingerprint density at radius 2 is 1.38 bits per heavy atom. The Balaban J connectivity index is 1.64. The number of anilines is 1. The molecule has 1 atom stereocenters. The summed E-state index contributed by atoms with van der Waals surface area (Å²) in [5.74, 6) is -3.08. The van der Waals surface area contributed by atoms with E-state index in [2.05, 4.69) is 14.9 Å². The molecule has 2 aromatic carbocycles. The van der Waals surface area contributed by atoms with Crippen LogP contribution in [0.25, 0.3) is 11.8 Å². The summed E-state index contributed by atoms with van der Waals surface area (Å²) in [7, 11) is -18.8. The molecule has 0 fully saturated rings. The summed E-state index contributed by atoms with van der Waals surface area (Å²) < 4.78 is 138. The molecule has 24 heteroatoms. The highest BCUT2D eigenvalue weighted by atomic mass is 32.2. The van der Waals surface area contributed by atoms with Gasteiger partial charge in [0.1, 0.15) is 9.79 Å². The zero-order chi connectivity index (χ0) is 37.4. The second-order valence-corrected chi connectivity index (χ2v) is 15.7. The van der Waals surface area contributed by atoms with Crippen LogP contribution in [0, 0.1) is 5.92 Å². The summed E-state index contributed by atoms with van der Waals surface area (Å²) in [6.07, 6.45) is 5.49. The van der Waals surface area contributed by atoms with Crippen molar-refractivity contribution in [3.05, 3.63) is 76.7 Å². The highest BCUT2D eigenvalue weighted by Crippen LogP contribution is 2.34. The highest BCUT2D eigenvalue weighted by molar-refractivity contribution is 7.87. The fourth-order valence-electron chi connectivity index (χ4n) is 4.55. The standard InChI is InChI=1S/C26H24N4O16S4/c1-46-24(31)13-19-18(26(33)30(28-19)21-12-17(48(37,38)39)8-10-23(21)50(43,44)45)6-4-2-3-5-15-14-27-29(25(15)32)20-11-16(47(34,35)36)7-9-22(20)49(40,41)42/h2-5,7-12,14,18,27H,6,13H2,1H3,(H,34,35,36)(H,37,38,39)(H,40,41,42)(H,43,44,45). The molecule has 0 saturated heterocycles. The van der Waals surface area contributed by atoms with Gasteiger partial charge in [-0.2, -0.15) is 43.8 Å². The zero-order valence-electron chi connectivity index (χ0n) is 25.0. The third-order valence-electron chi connectivity index (χ3n) is 6.87. The van der Waals surface area contributed by atoms with Crippen molar-refractivity contribution in [3.8, 4) is 5.69 Å². The van der Waals surface area contributed by atoms with Crippen LogP contribution in [0.2, 0.25) is 0 Å². The number of carbonyl (C=O) groups excluding carboxylic acids is 2. The molecular weight excluding hydrogens is 753 g/mol. The number of allylic oxidation sites excluding steroid dienone is 3. The summed E-state index contributed by atoms with van der Waals surface area (Å²) in [6, 6.07) is 3.86. The minimum Gasteiger partial charge on any atom is -0.469 e. The predicted octanol–water partition coefficient (Wildman–Crippen LogP) is 0.694. The third-order valence-corrected chi connectivity index (χ3v) is 10.4. The molecule has 0 bridgehead atoms. The van der Waals surface area contributed by atoms with Crippen molar-refractivity contribution >= 4 is 69.8 Å². The first-order chi connectivity index (χ1) is 23.0. The van der Waals surface area contributed by atoms with Crippen LogP contribution in [0.15, 0.2) is 90.3 Å². The minimum absolute atomic E-state index is 0.124. The predicted molar refractivity (Wildman–Crippen MR) is 170 cm³/mol. The number of carbonyl (C=O) groups is 2. The average molecular weight is 777 g/mol. The smallest absolute Gasteiger partial charge is 0.311 e. The number of rotatable bonds is 12. The minimum atomic E-state index is -5.07. The lowest BCUT2D eigenvalue weighted by Crippen LogP contribution is -2.29. The molecule has 3 aromatic rings. The van der Waals surface area contributed by atoms with E-state index in [9.17, 15) is 66.3 Å². The van der Waals surface area contributed by atoms with Gasteiger partial charge in [-0.3, -0.25) is 37.7 Å². The van der Waals surface area contributed by atoms with Gasteiger partial charge in [0.25, 0.3) is 51.9 Å². The molecule has 0 radical (unpaired) electrons. The number of ether oxygens (including phenoxy) is 1. The van der Waals surface area contributed by atoms with Crippen molar-refractivity contribution in [1.82, 2.24) is 9.78 Å². The lowest BCUT2D eigenvalue weighted by atomic mass is 9.96. The number of aromatic nitrogens is 2. The van der Waals surface area contributed by atoms with Crippen molar-refractivity contribution in [2.24, 2.45) is 11.0 Å². The number of H-pyrrole nitrogens is 1. The topological polar surface area (TPSA) is 314 Å². The van der Waals surface area contributed by atoms with Crippen molar-refractivity contribution in [2.75, 3.05) is 12.1 Å². The largest absolute Gasteiger partial charge is 0.469 e. The second kappa shape index (κ2) is 13.8. The summed E-state index contributed by atoms with van der Waals surface area (Å²) in [5.41, 5.74) is -2.58. The summed E-state index contributed by atoms with van der Waals surface area (Å²) in [6.45, 7) is 0. The first-order valence-corrected chi connectivity index (χ1v) is 19.1. The normalized spacial score (nSPS) is 16.0. The molecule has 0 spiro atoms. The molecule has 1 aromatic heterocycles. The fraction of sp³-hybridized carbons (Fsp3) is 0.154. The first kappa shape index (κ1) is 38.0. The van der Waals surface area contributed by atoms with Crippen molar-refractivity contribution in [2.45, 2.75) is 32.4 Å². The van der Waals surface area contributed by atoms with E-state index >= 15 is 0 Å². The number of nitrogens with zero attached hydrogens (tertiary/aromatic N) is 3. The van der Waals surface area contributed by atoms with Crippen LogP contribution in [-0.4, -0.2) is 86.4 Å². The molecule has 1 amide bonds. The van der Waals surface area contributed by atoms with Crippen LogP contribution in [-0.2, 0) is 54.8 Å². The van der Waals surface area contributed by atoms with Gasteiger partial charge in [-0.25, -0.2) is 4.68 Å². The molecule has 0 saturated carbocycles. The van der Waals surface area contributed by atoms with E-state index in [1.807, 2.05) is 0 Å². The summed E-state index contributed by atoms with van der Waals surface area (Å²) in [4.78, 5) is 35.1. The molecule has 50 heavy (non-hydrogen) atoms. The van der Waals surface area contributed by atoms with Crippen molar-refractivity contribution in [3.63, 3.8) is 0 Å². The monoisotopic (exact) mass is 776 g/mol. The van der Waals surface area contributed by atoms with Crippen LogP contribution >= 0.6 is 0 Å². The number of benzene rings is 2. The molecule has 268 valence electrons. The third kappa shape index (κ3) is 8.30. The molecule has 1 unspecified atom stereocenters. The number of esters is 1. The van der Waals surface area contributed by atoms with Gasteiger partial charge in [0.2, 0.25) is 0 Å². The van der Waals surface area contributed by atoms with E-state index in [4.69, 9.17) is 0 Å². The molecule has 1 aliphatic rings. The number of hydrazone groups is 1. The van der Waals surface area contributed by atoms with Gasteiger partial charge in [-0.05, 0) is 48.9 Å².